The Morgan fingerprint density at radius 1 is 1.50 bits per heavy atom. The van der Waals surface area contributed by atoms with Crippen LogP contribution in [0.15, 0.2) is 4.99 Å². The molecule has 0 aliphatic carbocycles. The van der Waals surface area contributed by atoms with Gasteiger partial charge in [0.05, 0.1) is 0 Å². The molecule has 1 rings (SSSR count). The fraction of sp³-hybridized carbons (Fsp3) is 0.857. The third kappa shape index (κ3) is 6.11. The summed E-state index contributed by atoms with van der Waals surface area (Å²) in [4.78, 5) is 4.25. The van der Waals surface area contributed by atoms with Crippen molar-refractivity contribution in [1.82, 2.24) is 0 Å². The zero-order valence-corrected chi connectivity index (χ0v) is 7.45. The monoisotopic (exact) mass is 161 g/mol. The molecule has 0 aromatic rings. The van der Waals surface area contributed by atoms with Crippen molar-refractivity contribution in [3.05, 3.63) is 0 Å². The van der Waals surface area contributed by atoms with Gasteiger partial charge in [0.25, 0.3) is 0 Å². The maximum Gasteiger partial charge on any atom is 0.0388 e. The van der Waals surface area contributed by atoms with Crippen LogP contribution in [0, 0.1) is 0 Å². The van der Waals surface area contributed by atoms with Crippen LogP contribution in [0.1, 0.15) is 26.2 Å². The number of rotatable bonds is 0. The molecular weight excluding hydrogens is 146 g/mol. The summed E-state index contributed by atoms with van der Waals surface area (Å²) >= 11 is 0.750. The van der Waals surface area contributed by atoms with Crippen molar-refractivity contribution in [1.29, 1.82) is 0 Å². The third-order valence-corrected chi connectivity index (χ3v) is 1.33. The van der Waals surface area contributed by atoms with Crippen LogP contribution < -0.4 is 0 Å². The van der Waals surface area contributed by atoms with Crippen LogP contribution in [-0.4, -0.2) is 23.1 Å². The van der Waals surface area contributed by atoms with Crippen LogP contribution in [0.4, 0.5) is 0 Å². The molecule has 0 radical (unpaired) electrons. The second kappa shape index (κ2) is 7.09. The molecule has 0 saturated heterocycles. The average Bonchev–Trinajstić information content (AvgIpc) is 1.91. The minimum absolute atomic E-state index is 0.750. The Bertz CT molecular complexity index is 104. The maximum absolute atomic E-state index is 7.49. The average molecular weight is 161 g/mol. The van der Waals surface area contributed by atoms with Gasteiger partial charge >= 0.3 is 0 Å². The summed E-state index contributed by atoms with van der Waals surface area (Å²) in [5.41, 5.74) is 1.34. The summed E-state index contributed by atoms with van der Waals surface area (Å²) in [5, 5.41) is 0. The van der Waals surface area contributed by atoms with Crippen molar-refractivity contribution in [2.24, 2.45) is 4.99 Å². The van der Waals surface area contributed by atoms with Gasteiger partial charge in [-0.05, 0) is 38.2 Å². The van der Waals surface area contributed by atoms with Crippen molar-refractivity contribution in [2.75, 3.05) is 12.8 Å². The van der Waals surface area contributed by atoms with Gasteiger partial charge in [-0.1, -0.05) is 0 Å². The molecule has 10 heavy (non-hydrogen) atoms. The smallest absolute Gasteiger partial charge is 0.0388 e. The van der Waals surface area contributed by atoms with Gasteiger partial charge in [-0.15, -0.1) is 0 Å². The molecule has 0 spiro atoms. The summed E-state index contributed by atoms with van der Waals surface area (Å²) in [6.45, 7) is 3.19. The Balaban J connectivity index is 0.000000236. The molecule has 3 heteroatoms. The SMILES string of the molecule is CC1=NCCCC1.CSO. The molecule has 0 aromatic carbocycles. The van der Waals surface area contributed by atoms with Crippen molar-refractivity contribution in [2.45, 2.75) is 26.2 Å². The minimum Gasteiger partial charge on any atom is -0.330 e. The molecule has 2 nitrogen and oxygen atoms in total. The Labute approximate surface area is 67.0 Å². The first-order valence-corrected chi connectivity index (χ1v) is 4.67. The highest BCUT2D eigenvalue weighted by molar-refractivity contribution is 7.93. The van der Waals surface area contributed by atoms with Gasteiger partial charge in [0.1, 0.15) is 0 Å². The predicted molar refractivity (Wildman–Crippen MR) is 48.0 cm³/mol. The van der Waals surface area contributed by atoms with Gasteiger partial charge in [-0.25, -0.2) is 0 Å². The molecule has 0 bridgehead atoms. The van der Waals surface area contributed by atoms with Crippen LogP contribution in [0.25, 0.3) is 0 Å². The standard InChI is InChI=1S/C6H11N.CH4OS/c1-6-4-2-3-5-7-6;1-3-2/h2-5H2,1H3;2H,1H3. The van der Waals surface area contributed by atoms with E-state index in [1.54, 1.807) is 6.26 Å². The highest BCUT2D eigenvalue weighted by Gasteiger charge is 1.96. The third-order valence-electron chi connectivity index (χ3n) is 1.33. The van der Waals surface area contributed by atoms with Crippen molar-refractivity contribution in [3.63, 3.8) is 0 Å². The topological polar surface area (TPSA) is 32.6 Å². The molecular formula is C7H15NOS. The zero-order valence-electron chi connectivity index (χ0n) is 6.63. The largest absolute Gasteiger partial charge is 0.330 e. The first kappa shape index (κ1) is 9.98. The van der Waals surface area contributed by atoms with E-state index in [0.717, 1.165) is 18.6 Å². The van der Waals surface area contributed by atoms with Gasteiger partial charge in [-0.3, -0.25) is 4.99 Å². The predicted octanol–water partition coefficient (Wildman–Crippen LogP) is 2.45. The number of hydrogen-bond acceptors (Lipinski definition) is 3. The molecule has 0 saturated carbocycles. The fourth-order valence-corrected chi connectivity index (χ4v) is 0.842. The molecule has 60 valence electrons. The van der Waals surface area contributed by atoms with Crippen LogP contribution in [0.2, 0.25) is 0 Å². The Morgan fingerprint density at radius 3 is 2.30 bits per heavy atom. The molecule has 0 unspecified atom stereocenters. The van der Waals surface area contributed by atoms with E-state index in [9.17, 15) is 0 Å². The van der Waals surface area contributed by atoms with Gasteiger partial charge < -0.3 is 4.55 Å². The van der Waals surface area contributed by atoms with Crippen molar-refractivity contribution in [3.8, 4) is 0 Å². The normalized spacial score (nSPS) is 16.9. The number of aliphatic imine (C=N–C) groups is 1. The van der Waals surface area contributed by atoms with E-state index < -0.39 is 0 Å². The maximum atomic E-state index is 7.49. The van der Waals surface area contributed by atoms with Gasteiger partial charge in [0.2, 0.25) is 0 Å². The van der Waals surface area contributed by atoms with Crippen molar-refractivity contribution < 1.29 is 4.55 Å². The van der Waals surface area contributed by atoms with Crippen LogP contribution >= 0.6 is 12.0 Å². The quantitative estimate of drug-likeness (QED) is 0.553. The van der Waals surface area contributed by atoms with Crippen LogP contribution in [-0.2, 0) is 0 Å². The first-order chi connectivity index (χ1) is 4.81. The van der Waals surface area contributed by atoms with E-state index in [-0.39, 0.29) is 0 Å². The second-order valence-electron chi connectivity index (χ2n) is 2.26. The second-order valence-corrected chi connectivity index (χ2v) is 2.62. The Kier molecular flexibility index (Phi) is 7.08. The van der Waals surface area contributed by atoms with Gasteiger partial charge in [0.15, 0.2) is 0 Å². The summed E-state index contributed by atoms with van der Waals surface area (Å²) in [6, 6.07) is 0. The Hall–Kier alpha value is -0.0200. The number of nitrogens with zero attached hydrogens (tertiary/aromatic N) is 1. The van der Waals surface area contributed by atoms with Gasteiger partial charge in [0, 0.05) is 18.5 Å². The van der Waals surface area contributed by atoms with E-state index in [1.165, 1.54) is 25.0 Å². The molecule has 0 aromatic heterocycles. The Morgan fingerprint density at radius 2 is 2.10 bits per heavy atom. The van der Waals surface area contributed by atoms with E-state index in [2.05, 4.69) is 11.9 Å². The highest BCUT2D eigenvalue weighted by atomic mass is 32.2. The lowest BCUT2D eigenvalue weighted by molar-refractivity contribution is 0.669. The highest BCUT2D eigenvalue weighted by Crippen LogP contribution is 2.03. The summed E-state index contributed by atoms with van der Waals surface area (Å²) in [6.07, 6.45) is 5.49. The van der Waals surface area contributed by atoms with Crippen molar-refractivity contribution >= 4 is 17.8 Å². The molecule has 1 aliphatic heterocycles. The summed E-state index contributed by atoms with van der Waals surface area (Å²) < 4.78 is 7.49. The lowest BCUT2D eigenvalue weighted by Gasteiger charge is -2.04. The zero-order chi connectivity index (χ0) is 7.82. The molecule has 1 heterocycles. The van der Waals surface area contributed by atoms with E-state index in [4.69, 9.17) is 4.55 Å². The van der Waals surface area contributed by atoms with E-state index in [0.29, 0.717) is 0 Å². The lowest BCUT2D eigenvalue weighted by atomic mass is 10.1. The molecule has 0 amide bonds. The lowest BCUT2D eigenvalue weighted by Crippen LogP contribution is -1.99. The summed E-state index contributed by atoms with van der Waals surface area (Å²) in [5.74, 6) is 0. The first-order valence-electron chi connectivity index (χ1n) is 3.48. The van der Waals surface area contributed by atoms with Crippen LogP contribution in [0.5, 0.6) is 0 Å². The number of hydrogen-bond donors (Lipinski definition) is 1. The molecule has 1 N–H and O–H groups in total. The fourth-order valence-electron chi connectivity index (χ4n) is 0.842. The van der Waals surface area contributed by atoms with E-state index >= 15 is 0 Å². The summed E-state index contributed by atoms with van der Waals surface area (Å²) in [7, 11) is 0. The van der Waals surface area contributed by atoms with Gasteiger partial charge in [-0.2, -0.15) is 0 Å². The van der Waals surface area contributed by atoms with Crippen LogP contribution in [0.3, 0.4) is 0 Å². The van der Waals surface area contributed by atoms with E-state index in [1.807, 2.05) is 0 Å². The molecule has 1 aliphatic rings. The minimum atomic E-state index is 0.750. The molecule has 0 atom stereocenters. The molecule has 0 fully saturated rings.